The van der Waals surface area contributed by atoms with E-state index >= 15 is 0 Å². The van der Waals surface area contributed by atoms with Crippen LogP contribution in [-0.4, -0.2) is 35.3 Å². The number of aliphatic hydroxyl groups is 1. The molecule has 24 heavy (non-hydrogen) atoms. The second-order valence-corrected chi connectivity index (χ2v) is 6.71. The molecule has 1 heterocycles. The standard InChI is InChI=1S/C19H26N2O3/c1-12(11-22)20-19(23)18-13(2)21(14-6-4-5-7-14)17-9-8-15(24-3)10-16(17)18/h8-10,12,14,22H,4-7,11H2,1-3H3,(H,20,23). The highest BCUT2D eigenvalue weighted by Crippen LogP contribution is 2.38. The minimum atomic E-state index is -0.271. The zero-order valence-corrected chi connectivity index (χ0v) is 14.6. The lowest BCUT2D eigenvalue weighted by Gasteiger charge is -2.17. The average molecular weight is 330 g/mol. The van der Waals surface area contributed by atoms with E-state index in [-0.39, 0.29) is 18.6 Å². The highest BCUT2D eigenvalue weighted by molar-refractivity contribution is 6.09. The number of aliphatic hydroxyl groups excluding tert-OH is 1. The first kappa shape index (κ1) is 16.8. The van der Waals surface area contributed by atoms with Crippen LogP contribution < -0.4 is 10.1 Å². The third kappa shape index (κ3) is 2.88. The Bertz CT molecular complexity index is 745. The number of hydrogen-bond donors (Lipinski definition) is 2. The molecule has 1 aliphatic carbocycles. The second-order valence-electron chi connectivity index (χ2n) is 6.71. The summed E-state index contributed by atoms with van der Waals surface area (Å²) >= 11 is 0. The zero-order valence-electron chi connectivity index (χ0n) is 14.6. The number of hydrogen-bond acceptors (Lipinski definition) is 3. The maximum atomic E-state index is 12.8. The highest BCUT2D eigenvalue weighted by atomic mass is 16.5. The van der Waals surface area contributed by atoms with Crippen LogP contribution in [-0.2, 0) is 0 Å². The Hall–Kier alpha value is -2.01. The van der Waals surface area contributed by atoms with Crippen LogP contribution in [0.1, 0.15) is 54.7 Å². The van der Waals surface area contributed by atoms with Crippen molar-refractivity contribution in [3.63, 3.8) is 0 Å². The summed E-state index contributed by atoms with van der Waals surface area (Å²) in [7, 11) is 1.63. The lowest BCUT2D eigenvalue weighted by molar-refractivity contribution is 0.0923. The van der Waals surface area contributed by atoms with Gasteiger partial charge >= 0.3 is 0 Å². The molecule has 0 aliphatic heterocycles. The molecule has 3 rings (SSSR count). The predicted molar refractivity (Wildman–Crippen MR) is 94.7 cm³/mol. The third-order valence-electron chi connectivity index (χ3n) is 5.02. The van der Waals surface area contributed by atoms with Crippen molar-refractivity contribution in [1.82, 2.24) is 9.88 Å². The largest absolute Gasteiger partial charge is 0.497 e. The van der Waals surface area contributed by atoms with Gasteiger partial charge in [0.25, 0.3) is 5.91 Å². The highest BCUT2D eigenvalue weighted by Gasteiger charge is 2.26. The van der Waals surface area contributed by atoms with Gasteiger partial charge < -0.3 is 19.7 Å². The molecule has 0 radical (unpaired) electrons. The third-order valence-corrected chi connectivity index (χ3v) is 5.02. The van der Waals surface area contributed by atoms with Crippen LogP contribution in [0.15, 0.2) is 18.2 Å². The number of carbonyl (C=O) groups excluding carboxylic acids is 1. The zero-order chi connectivity index (χ0) is 17.3. The van der Waals surface area contributed by atoms with E-state index in [0.717, 1.165) is 35.2 Å². The number of carbonyl (C=O) groups is 1. The number of ether oxygens (including phenoxy) is 1. The molecule has 1 aromatic heterocycles. The molecule has 0 spiro atoms. The molecule has 1 saturated carbocycles. The number of methoxy groups -OCH3 is 1. The van der Waals surface area contributed by atoms with Gasteiger partial charge in [0, 0.05) is 28.7 Å². The fourth-order valence-corrected chi connectivity index (χ4v) is 3.81. The van der Waals surface area contributed by atoms with Gasteiger partial charge in [0.2, 0.25) is 0 Å². The summed E-state index contributed by atoms with van der Waals surface area (Å²) < 4.78 is 7.67. The quantitative estimate of drug-likeness (QED) is 0.885. The number of nitrogens with zero attached hydrogens (tertiary/aromatic N) is 1. The Balaban J connectivity index is 2.15. The summed E-state index contributed by atoms with van der Waals surface area (Å²) in [4.78, 5) is 12.8. The lowest BCUT2D eigenvalue weighted by atomic mass is 10.1. The molecule has 0 saturated heterocycles. The number of amides is 1. The van der Waals surface area contributed by atoms with Gasteiger partial charge in [-0.15, -0.1) is 0 Å². The minimum absolute atomic E-state index is 0.0740. The van der Waals surface area contributed by atoms with E-state index in [0.29, 0.717) is 11.6 Å². The van der Waals surface area contributed by atoms with Crippen molar-refractivity contribution in [2.24, 2.45) is 0 Å². The number of benzene rings is 1. The normalized spacial score (nSPS) is 16.5. The fraction of sp³-hybridized carbons (Fsp3) is 0.526. The number of nitrogens with one attached hydrogen (secondary N) is 1. The topological polar surface area (TPSA) is 63.5 Å². The predicted octanol–water partition coefficient (Wildman–Crippen LogP) is 3.18. The van der Waals surface area contributed by atoms with Crippen molar-refractivity contribution < 1.29 is 14.6 Å². The van der Waals surface area contributed by atoms with Crippen molar-refractivity contribution in [3.05, 3.63) is 29.5 Å². The smallest absolute Gasteiger partial charge is 0.254 e. The van der Waals surface area contributed by atoms with Crippen LogP contribution in [0.5, 0.6) is 5.75 Å². The van der Waals surface area contributed by atoms with Crippen LogP contribution in [0.25, 0.3) is 10.9 Å². The van der Waals surface area contributed by atoms with Gasteiger partial charge in [0.1, 0.15) is 5.75 Å². The van der Waals surface area contributed by atoms with Crippen molar-refractivity contribution in [3.8, 4) is 5.75 Å². The van der Waals surface area contributed by atoms with Crippen LogP contribution in [0, 0.1) is 6.92 Å². The van der Waals surface area contributed by atoms with Crippen molar-refractivity contribution in [1.29, 1.82) is 0 Å². The van der Waals surface area contributed by atoms with Crippen LogP contribution in [0.4, 0.5) is 0 Å². The molecule has 5 nitrogen and oxygen atoms in total. The molecular formula is C19H26N2O3. The van der Waals surface area contributed by atoms with Gasteiger partial charge in [-0.05, 0) is 44.9 Å². The first-order valence-corrected chi connectivity index (χ1v) is 8.67. The Kier molecular flexibility index (Phi) is 4.81. The second kappa shape index (κ2) is 6.85. The van der Waals surface area contributed by atoms with E-state index < -0.39 is 0 Å². The lowest BCUT2D eigenvalue weighted by Crippen LogP contribution is -2.35. The Morgan fingerprint density at radius 1 is 1.42 bits per heavy atom. The van der Waals surface area contributed by atoms with Crippen molar-refractivity contribution in [2.75, 3.05) is 13.7 Å². The molecule has 130 valence electrons. The van der Waals surface area contributed by atoms with Crippen LogP contribution >= 0.6 is 0 Å². The Labute approximate surface area is 142 Å². The Morgan fingerprint density at radius 3 is 2.75 bits per heavy atom. The van der Waals surface area contributed by atoms with Crippen LogP contribution in [0.3, 0.4) is 0 Å². The Morgan fingerprint density at radius 2 is 2.12 bits per heavy atom. The minimum Gasteiger partial charge on any atom is -0.497 e. The van der Waals surface area contributed by atoms with Gasteiger partial charge in [-0.2, -0.15) is 0 Å². The van der Waals surface area contributed by atoms with Crippen molar-refractivity contribution in [2.45, 2.75) is 51.6 Å². The van der Waals surface area contributed by atoms with E-state index in [1.54, 1.807) is 14.0 Å². The van der Waals surface area contributed by atoms with Gasteiger partial charge in [-0.25, -0.2) is 0 Å². The SMILES string of the molecule is COc1ccc2c(c1)c(C(=O)NC(C)CO)c(C)n2C1CCCC1. The molecule has 5 heteroatoms. The molecule has 2 aromatic rings. The summed E-state index contributed by atoms with van der Waals surface area (Å²) in [5.41, 5.74) is 2.77. The van der Waals surface area contributed by atoms with E-state index in [1.807, 2.05) is 25.1 Å². The fourth-order valence-electron chi connectivity index (χ4n) is 3.81. The first-order valence-electron chi connectivity index (χ1n) is 8.67. The van der Waals surface area contributed by atoms with Gasteiger partial charge in [0.15, 0.2) is 0 Å². The van der Waals surface area contributed by atoms with Gasteiger partial charge in [-0.3, -0.25) is 4.79 Å². The van der Waals surface area contributed by atoms with E-state index in [2.05, 4.69) is 9.88 Å². The number of aromatic nitrogens is 1. The molecule has 1 aromatic carbocycles. The molecule has 1 unspecified atom stereocenters. The van der Waals surface area contributed by atoms with Crippen LogP contribution in [0.2, 0.25) is 0 Å². The summed E-state index contributed by atoms with van der Waals surface area (Å²) in [5.74, 6) is 0.611. The van der Waals surface area contributed by atoms with E-state index in [9.17, 15) is 9.90 Å². The van der Waals surface area contributed by atoms with Crippen molar-refractivity contribution >= 4 is 16.8 Å². The molecule has 2 N–H and O–H groups in total. The summed E-state index contributed by atoms with van der Waals surface area (Å²) in [6.07, 6.45) is 4.79. The maximum Gasteiger partial charge on any atom is 0.254 e. The molecule has 1 aliphatic rings. The van der Waals surface area contributed by atoms with Gasteiger partial charge in [0.05, 0.1) is 19.3 Å². The molecule has 1 atom stereocenters. The number of fused-ring (bicyclic) bond motifs is 1. The monoisotopic (exact) mass is 330 g/mol. The summed E-state index contributed by atoms with van der Waals surface area (Å²) in [6.45, 7) is 3.74. The van der Waals surface area contributed by atoms with E-state index in [4.69, 9.17) is 4.74 Å². The molecule has 1 amide bonds. The van der Waals surface area contributed by atoms with Gasteiger partial charge in [-0.1, -0.05) is 12.8 Å². The van der Waals surface area contributed by atoms with E-state index in [1.165, 1.54) is 12.8 Å². The number of rotatable bonds is 5. The average Bonchev–Trinajstić information content (AvgIpc) is 3.18. The summed E-state index contributed by atoms with van der Waals surface area (Å²) in [5, 5.41) is 13.0. The first-order chi connectivity index (χ1) is 11.6. The molecule has 1 fully saturated rings. The summed E-state index contributed by atoms with van der Waals surface area (Å²) in [6, 6.07) is 6.12. The molecular weight excluding hydrogens is 304 g/mol. The maximum absolute atomic E-state index is 12.8. The molecule has 0 bridgehead atoms.